The van der Waals surface area contributed by atoms with Gasteiger partial charge < -0.3 is 5.32 Å². The molecule has 168 valence electrons. The van der Waals surface area contributed by atoms with Crippen molar-refractivity contribution < 1.29 is 13.2 Å². The van der Waals surface area contributed by atoms with E-state index >= 15 is 0 Å². The van der Waals surface area contributed by atoms with Crippen molar-refractivity contribution in [1.82, 2.24) is 14.5 Å². The Morgan fingerprint density at radius 2 is 1.81 bits per heavy atom. The maximum Gasteiger partial charge on any atom is 0.244 e. The van der Waals surface area contributed by atoms with Gasteiger partial charge in [-0.2, -0.15) is 4.31 Å². The Hall–Kier alpha value is -1.64. The minimum atomic E-state index is -3.74. The Morgan fingerprint density at radius 3 is 2.52 bits per heavy atom. The third-order valence-electron chi connectivity index (χ3n) is 5.29. The minimum Gasteiger partial charge on any atom is -0.355 e. The van der Waals surface area contributed by atoms with Gasteiger partial charge in [0.15, 0.2) is 0 Å². The van der Waals surface area contributed by atoms with E-state index in [4.69, 9.17) is 23.2 Å². The topological polar surface area (TPSA) is 69.7 Å². The maximum absolute atomic E-state index is 13.2. The molecule has 3 rings (SSSR count). The number of carbonyl (C=O) groups is 1. The van der Waals surface area contributed by atoms with Gasteiger partial charge in [0, 0.05) is 31.2 Å². The van der Waals surface area contributed by atoms with Crippen LogP contribution >= 0.6 is 23.2 Å². The van der Waals surface area contributed by atoms with Gasteiger partial charge in [-0.15, -0.1) is 0 Å². The summed E-state index contributed by atoms with van der Waals surface area (Å²) < 4.78 is 27.8. The van der Waals surface area contributed by atoms with Gasteiger partial charge in [0.1, 0.15) is 4.90 Å². The third-order valence-corrected chi connectivity index (χ3v) is 8.02. The average molecular weight is 484 g/mol. The second-order valence-electron chi connectivity index (χ2n) is 7.65. The number of halogens is 2. The molecule has 0 atom stereocenters. The van der Waals surface area contributed by atoms with E-state index in [0.717, 1.165) is 6.42 Å². The number of benzene rings is 2. The van der Waals surface area contributed by atoms with E-state index in [9.17, 15) is 13.2 Å². The predicted octanol–water partition coefficient (Wildman–Crippen LogP) is 3.36. The fourth-order valence-electron chi connectivity index (χ4n) is 3.74. The van der Waals surface area contributed by atoms with E-state index < -0.39 is 10.0 Å². The molecule has 1 N–H and O–H groups in total. The molecule has 1 fully saturated rings. The molecule has 0 aromatic heterocycles. The summed E-state index contributed by atoms with van der Waals surface area (Å²) in [6.45, 7) is 4.34. The van der Waals surface area contributed by atoms with Gasteiger partial charge in [-0.3, -0.25) is 9.69 Å². The molecule has 31 heavy (non-hydrogen) atoms. The molecule has 0 saturated carbocycles. The standard InChI is InChI=1S/C22H27Cl2N3O3S/c1-17-14-19(23)15-20(24)22(17)31(29,30)27-11-5-10-26(12-13-27)16-21(28)25-9-8-18-6-3-2-4-7-18/h2-4,6-7,14-15H,5,8-13,16H2,1H3,(H,25,28). The second kappa shape index (κ2) is 10.8. The maximum atomic E-state index is 13.2. The van der Waals surface area contributed by atoms with Crippen molar-refractivity contribution in [3.8, 4) is 0 Å². The Bertz CT molecular complexity index is 993. The van der Waals surface area contributed by atoms with Crippen LogP contribution in [0.1, 0.15) is 17.5 Å². The zero-order chi connectivity index (χ0) is 22.4. The third kappa shape index (κ3) is 6.43. The summed E-state index contributed by atoms with van der Waals surface area (Å²) in [4.78, 5) is 14.4. The Balaban J connectivity index is 1.54. The van der Waals surface area contributed by atoms with Crippen molar-refractivity contribution in [1.29, 1.82) is 0 Å². The summed E-state index contributed by atoms with van der Waals surface area (Å²) in [6.07, 6.45) is 1.42. The number of rotatable bonds is 7. The van der Waals surface area contributed by atoms with Crippen molar-refractivity contribution in [2.45, 2.75) is 24.7 Å². The van der Waals surface area contributed by atoms with Crippen LogP contribution < -0.4 is 5.32 Å². The van der Waals surface area contributed by atoms with Gasteiger partial charge in [0.05, 0.1) is 11.6 Å². The van der Waals surface area contributed by atoms with Crippen LogP contribution in [0.25, 0.3) is 0 Å². The van der Waals surface area contributed by atoms with E-state index in [2.05, 4.69) is 5.32 Å². The first-order valence-corrected chi connectivity index (χ1v) is 12.5. The molecule has 0 bridgehead atoms. The number of carbonyl (C=O) groups excluding carboxylic acids is 1. The lowest BCUT2D eigenvalue weighted by Gasteiger charge is -2.23. The first kappa shape index (κ1) is 24.0. The van der Waals surface area contributed by atoms with Crippen molar-refractivity contribution in [3.63, 3.8) is 0 Å². The van der Waals surface area contributed by atoms with Gasteiger partial charge >= 0.3 is 0 Å². The molecule has 6 nitrogen and oxygen atoms in total. The molecule has 1 amide bonds. The number of amides is 1. The zero-order valence-electron chi connectivity index (χ0n) is 17.5. The summed E-state index contributed by atoms with van der Waals surface area (Å²) in [5.41, 5.74) is 1.70. The molecule has 1 saturated heterocycles. The van der Waals surface area contributed by atoms with Crippen molar-refractivity contribution in [2.75, 3.05) is 39.3 Å². The summed E-state index contributed by atoms with van der Waals surface area (Å²) in [5.74, 6) is -0.0520. The number of aryl methyl sites for hydroxylation is 1. The van der Waals surface area contributed by atoms with Gasteiger partial charge in [-0.1, -0.05) is 53.5 Å². The molecular weight excluding hydrogens is 457 g/mol. The van der Waals surface area contributed by atoms with Crippen LogP contribution in [-0.4, -0.2) is 62.8 Å². The SMILES string of the molecule is Cc1cc(Cl)cc(Cl)c1S(=O)(=O)N1CCCN(CC(=O)NCCc2ccccc2)CC1. The Labute approximate surface area is 194 Å². The van der Waals surface area contributed by atoms with Gasteiger partial charge in [0.2, 0.25) is 15.9 Å². The molecule has 1 aliphatic rings. The van der Waals surface area contributed by atoms with Crippen molar-refractivity contribution in [2.24, 2.45) is 0 Å². The molecule has 0 radical (unpaired) electrons. The van der Waals surface area contributed by atoms with E-state index in [1.54, 1.807) is 13.0 Å². The number of hydrogen-bond donors (Lipinski definition) is 1. The monoisotopic (exact) mass is 483 g/mol. The van der Waals surface area contributed by atoms with E-state index in [-0.39, 0.29) is 22.4 Å². The van der Waals surface area contributed by atoms with Crippen LogP contribution in [-0.2, 0) is 21.2 Å². The fraction of sp³-hybridized carbons (Fsp3) is 0.409. The van der Waals surface area contributed by atoms with E-state index in [0.29, 0.717) is 49.7 Å². The molecule has 0 aliphatic carbocycles. The summed E-state index contributed by atoms with van der Waals surface area (Å²) >= 11 is 12.2. The Morgan fingerprint density at radius 1 is 1.06 bits per heavy atom. The highest BCUT2D eigenvalue weighted by atomic mass is 35.5. The number of nitrogens with one attached hydrogen (secondary N) is 1. The molecule has 2 aromatic rings. The minimum absolute atomic E-state index is 0.0520. The first-order valence-electron chi connectivity index (χ1n) is 10.3. The highest BCUT2D eigenvalue weighted by molar-refractivity contribution is 7.89. The normalized spacial score (nSPS) is 16.1. The lowest BCUT2D eigenvalue weighted by molar-refractivity contribution is -0.122. The van der Waals surface area contributed by atoms with Gasteiger partial charge in [-0.25, -0.2) is 8.42 Å². The summed E-state index contributed by atoms with van der Waals surface area (Å²) in [5, 5.41) is 3.48. The van der Waals surface area contributed by atoms with E-state index in [1.807, 2.05) is 35.2 Å². The lowest BCUT2D eigenvalue weighted by atomic mass is 10.1. The smallest absolute Gasteiger partial charge is 0.244 e. The molecule has 1 aliphatic heterocycles. The number of hydrogen-bond acceptors (Lipinski definition) is 4. The highest BCUT2D eigenvalue weighted by Crippen LogP contribution is 2.31. The summed E-state index contributed by atoms with van der Waals surface area (Å²) in [6, 6.07) is 13.0. The van der Waals surface area contributed by atoms with Crippen LogP contribution in [0.4, 0.5) is 0 Å². The van der Waals surface area contributed by atoms with Crippen molar-refractivity contribution >= 4 is 39.1 Å². The molecule has 2 aromatic carbocycles. The van der Waals surface area contributed by atoms with Crippen LogP contribution in [0.2, 0.25) is 10.0 Å². The van der Waals surface area contributed by atoms with E-state index in [1.165, 1.54) is 15.9 Å². The lowest BCUT2D eigenvalue weighted by Crippen LogP contribution is -2.40. The van der Waals surface area contributed by atoms with Crippen LogP contribution in [0.15, 0.2) is 47.4 Å². The molecule has 9 heteroatoms. The van der Waals surface area contributed by atoms with Gasteiger partial charge in [0.25, 0.3) is 0 Å². The molecule has 0 spiro atoms. The Kier molecular flexibility index (Phi) is 8.36. The van der Waals surface area contributed by atoms with Gasteiger partial charge in [-0.05, 0) is 49.6 Å². The predicted molar refractivity (Wildman–Crippen MR) is 124 cm³/mol. The largest absolute Gasteiger partial charge is 0.355 e. The fourth-order valence-corrected chi connectivity index (χ4v) is 6.35. The number of sulfonamides is 1. The molecular formula is C22H27Cl2N3O3S. The summed E-state index contributed by atoms with van der Waals surface area (Å²) in [7, 11) is -3.74. The van der Waals surface area contributed by atoms with Crippen molar-refractivity contribution in [3.05, 3.63) is 63.6 Å². The second-order valence-corrected chi connectivity index (χ2v) is 10.4. The first-order chi connectivity index (χ1) is 14.8. The zero-order valence-corrected chi connectivity index (χ0v) is 19.8. The highest BCUT2D eigenvalue weighted by Gasteiger charge is 2.30. The van der Waals surface area contributed by atoms with Crippen LogP contribution in [0.3, 0.4) is 0 Å². The van der Waals surface area contributed by atoms with Crippen LogP contribution in [0.5, 0.6) is 0 Å². The molecule has 1 heterocycles. The quantitative estimate of drug-likeness (QED) is 0.655. The van der Waals surface area contributed by atoms with Crippen LogP contribution in [0, 0.1) is 6.92 Å². The number of nitrogens with zero attached hydrogens (tertiary/aromatic N) is 2. The average Bonchev–Trinajstić information content (AvgIpc) is 2.94. The molecule has 0 unspecified atom stereocenters.